The molecule has 3 rings (SSSR count). The second kappa shape index (κ2) is 4.86. The second-order valence-corrected chi connectivity index (χ2v) is 4.51. The molecule has 2 aromatic heterocycles. The molecule has 0 radical (unpaired) electrons. The molecular weight excluding hydrogens is 275 g/mol. The Kier molecular flexibility index (Phi) is 3.02. The Morgan fingerprint density at radius 2 is 2.00 bits per heavy atom. The Bertz CT molecular complexity index is 852. The fraction of sp³-hybridized carbons (Fsp3) is 0.0714. The van der Waals surface area contributed by atoms with Crippen LogP contribution in [0.15, 0.2) is 41.6 Å². The summed E-state index contributed by atoms with van der Waals surface area (Å²) in [7, 11) is 1.74. The highest BCUT2D eigenvalue weighted by atomic mass is 19.1. The number of H-pyrrole nitrogens is 1. The Labute approximate surface area is 118 Å². The molecule has 6 nitrogen and oxygen atoms in total. The van der Waals surface area contributed by atoms with Gasteiger partial charge in [-0.15, -0.1) is 0 Å². The lowest BCUT2D eigenvalue weighted by molar-refractivity contribution is 0.454. The van der Waals surface area contributed by atoms with Gasteiger partial charge in [-0.3, -0.25) is 4.79 Å². The third kappa shape index (κ3) is 2.29. The number of aromatic nitrogens is 4. The number of rotatable bonds is 2. The van der Waals surface area contributed by atoms with Crippen molar-refractivity contribution in [2.75, 3.05) is 0 Å². The molecule has 0 spiro atoms. The summed E-state index contributed by atoms with van der Waals surface area (Å²) >= 11 is 0. The Morgan fingerprint density at radius 3 is 2.57 bits per heavy atom. The maximum atomic E-state index is 12.9. The van der Waals surface area contributed by atoms with E-state index in [0.717, 1.165) is 0 Å². The second-order valence-electron chi connectivity index (χ2n) is 4.51. The number of aryl methyl sites for hydroxylation is 1. The third-order valence-corrected chi connectivity index (χ3v) is 3.09. The van der Waals surface area contributed by atoms with Crippen molar-refractivity contribution in [3.63, 3.8) is 0 Å². The maximum absolute atomic E-state index is 12.9. The van der Waals surface area contributed by atoms with Crippen LogP contribution < -0.4 is 5.56 Å². The number of halogens is 1. The highest BCUT2D eigenvalue weighted by molar-refractivity contribution is 5.68. The van der Waals surface area contributed by atoms with Gasteiger partial charge in [-0.05, 0) is 17.7 Å². The van der Waals surface area contributed by atoms with Crippen LogP contribution in [-0.2, 0) is 7.05 Å². The molecule has 0 aliphatic heterocycles. The monoisotopic (exact) mass is 286 g/mol. The first-order valence-electron chi connectivity index (χ1n) is 6.12. The first kappa shape index (κ1) is 13.0. The van der Waals surface area contributed by atoms with Gasteiger partial charge in [0.05, 0.1) is 12.5 Å². The molecule has 0 bridgehead atoms. The van der Waals surface area contributed by atoms with Crippen LogP contribution in [0.25, 0.3) is 22.6 Å². The van der Waals surface area contributed by atoms with E-state index in [1.165, 1.54) is 30.5 Å². The zero-order chi connectivity index (χ0) is 15.0. The molecule has 0 aliphatic carbocycles. The molecule has 1 aromatic carbocycles. The summed E-state index contributed by atoms with van der Waals surface area (Å²) in [4.78, 5) is 22.7. The fourth-order valence-electron chi connectivity index (χ4n) is 2.04. The molecule has 0 unspecified atom stereocenters. The van der Waals surface area contributed by atoms with Crippen molar-refractivity contribution in [2.24, 2.45) is 7.05 Å². The number of hydrogen-bond acceptors (Lipinski definition) is 4. The molecule has 3 aromatic rings. The van der Waals surface area contributed by atoms with Gasteiger partial charge < -0.3 is 14.7 Å². The summed E-state index contributed by atoms with van der Waals surface area (Å²) in [5.41, 5.74) is 0.443. The lowest BCUT2D eigenvalue weighted by atomic mass is 10.1. The zero-order valence-electron chi connectivity index (χ0n) is 11.0. The first-order chi connectivity index (χ1) is 10.1. The Balaban J connectivity index is 2.15. The van der Waals surface area contributed by atoms with E-state index in [4.69, 9.17) is 0 Å². The average Bonchev–Trinajstić information content (AvgIpc) is 2.86. The van der Waals surface area contributed by atoms with Crippen LogP contribution in [0.1, 0.15) is 0 Å². The van der Waals surface area contributed by atoms with Crippen LogP contribution >= 0.6 is 0 Å². The summed E-state index contributed by atoms with van der Waals surface area (Å²) in [6, 6.07) is 5.24. The quantitative estimate of drug-likeness (QED) is 0.750. The van der Waals surface area contributed by atoms with E-state index in [9.17, 15) is 14.3 Å². The van der Waals surface area contributed by atoms with Crippen LogP contribution in [0.3, 0.4) is 0 Å². The van der Waals surface area contributed by atoms with Gasteiger partial charge in [0, 0.05) is 7.05 Å². The van der Waals surface area contributed by atoms with Crippen molar-refractivity contribution in [3.05, 3.63) is 53.0 Å². The minimum absolute atomic E-state index is 0.000850. The van der Waals surface area contributed by atoms with Crippen molar-refractivity contribution in [3.8, 4) is 28.5 Å². The normalized spacial score (nSPS) is 10.8. The fourth-order valence-corrected chi connectivity index (χ4v) is 2.04. The SMILES string of the molecule is Cn1cncc1-c1nc(O)c(-c2ccc(F)cc2)c(=O)[nH]1. The molecule has 0 atom stereocenters. The third-order valence-electron chi connectivity index (χ3n) is 3.09. The van der Waals surface area contributed by atoms with Crippen LogP contribution in [0.5, 0.6) is 5.88 Å². The van der Waals surface area contributed by atoms with Gasteiger partial charge in [-0.1, -0.05) is 12.1 Å². The van der Waals surface area contributed by atoms with Crippen molar-refractivity contribution >= 4 is 0 Å². The number of aromatic hydroxyl groups is 1. The number of nitrogens with zero attached hydrogens (tertiary/aromatic N) is 3. The summed E-state index contributed by atoms with van der Waals surface area (Å²) in [6.07, 6.45) is 3.08. The predicted molar refractivity (Wildman–Crippen MR) is 74.1 cm³/mol. The molecule has 21 heavy (non-hydrogen) atoms. The summed E-state index contributed by atoms with van der Waals surface area (Å²) in [5, 5.41) is 10.0. The highest BCUT2D eigenvalue weighted by Gasteiger charge is 2.15. The van der Waals surface area contributed by atoms with Crippen LogP contribution in [0, 0.1) is 5.82 Å². The molecule has 7 heteroatoms. The number of nitrogens with one attached hydrogen (secondary N) is 1. The number of imidazole rings is 1. The summed E-state index contributed by atoms with van der Waals surface area (Å²) < 4.78 is 14.6. The van der Waals surface area contributed by atoms with Gasteiger partial charge in [0.1, 0.15) is 17.1 Å². The molecule has 0 amide bonds. The molecule has 0 aliphatic rings. The highest BCUT2D eigenvalue weighted by Crippen LogP contribution is 2.25. The van der Waals surface area contributed by atoms with Gasteiger partial charge in [0.25, 0.3) is 5.56 Å². The van der Waals surface area contributed by atoms with Crippen LogP contribution in [0.4, 0.5) is 4.39 Å². The molecule has 106 valence electrons. The van der Waals surface area contributed by atoms with E-state index in [-0.39, 0.29) is 11.4 Å². The summed E-state index contributed by atoms with van der Waals surface area (Å²) in [5.74, 6) is -0.626. The lowest BCUT2D eigenvalue weighted by Gasteiger charge is -2.06. The first-order valence-corrected chi connectivity index (χ1v) is 6.12. The maximum Gasteiger partial charge on any atom is 0.262 e. The molecule has 2 heterocycles. The van der Waals surface area contributed by atoms with Gasteiger partial charge in [-0.25, -0.2) is 9.37 Å². The lowest BCUT2D eigenvalue weighted by Crippen LogP contribution is -2.13. The average molecular weight is 286 g/mol. The van der Waals surface area contributed by atoms with Crippen molar-refractivity contribution < 1.29 is 9.50 Å². The van der Waals surface area contributed by atoms with Crippen LogP contribution in [-0.4, -0.2) is 24.6 Å². The van der Waals surface area contributed by atoms with E-state index >= 15 is 0 Å². The van der Waals surface area contributed by atoms with Crippen molar-refractivity contribution in [1.29, 1.82) is 0 Å². The number of aromatic amines is 1. The molecule has 0 saturated carbocycles. The largest absolute Gasteiger partial charge is 0.493 e. The Hall–Kier alpha value is -2.96. The number of benzene rings is 1. The van der Waals surface area contributed by atoms with E-state index in [0.29, 0.717) is 11.3 Å². The topological polar surface area (TPSA) is 83.8 Å². The van der Waals surface area contributed by atoms with Crippen molar-refractivity contribution in [1.82, 2.24) is 19.5 Å². The van der Waals surface area contributed by atoms with Gasteiger partial charge in [-0.2, -0.15) is 4.98 Å². The molecule has 0 fully saturated rings. The number of hydrogen-bond donors (Lipinski definition) is 2. The molecule has 0 saturated heterocycles. The van der Waals surface area contributed by atoms with Crippen LogP contribution in [0.2, 0.25) is 0 Å². The Morgan fingerprint density at radius 1 is 1.29 bits per heavy atom. The summed E-state index contributed by atoms with van der Waals surface area (Å²) in [6.45, 7) is 0. The van der Waals surface area contributed by atoms with E-state index in [1.54, 1.807) is 17.9 Å². The predicted octanol–water partition coefficient (Wildman–Crippen LogP) is 1.68. The smallest absolute Gasteiger partial charge is 0.262 e. The van der Waals surface area contributed by atoms with Gasteiger partial charge in [0.2, 0.25) is 5.88 Å². The zero-order valence-corrected chi connectivity index (χ0v) is 11.0. The minimum Gasteiger partial charge on any atom is -0.493 e. The van der Waals surface area contributed by atoms with Crippen molar-refractivity contribution in [2.45, 2.75) is 0 Å². The van der Waals surface area contributed by atoms with Gasteiger partial charge in [0.15, 0.2) is 5.82 Å². The minimum atomic E-state index is -0.509. The van der Waals surface area contributed by atoms with E-state index < -0.39 is 17.3 Å². The van der Waals surface area contributed by atoms with E-state index in [1.807, 2.05) is 0 Å². The van der Waals surface area contributed by atoms with E-state index in [2.05, 4.69) is 15.0 Å². The molecule has 2 N–H and O–H groups in total. The van der Waals surface area contributed by atoms with Gasteiger partial charge >= 0.3 is 0 Å². The molecular formula is C14H11FN4O2. The standard InChI is InChI=1S/C14H11FN4O2/c1-19-7-16-6-10(19)12-17-13(20)11(14(21)18-12)8-2-4-9(15)5-3-8/h2-7H,1H3,(H2,17,18,20,21).